The monoisotopic (exact) mass is 407 g/mol. The molecule has 0 aliphatic heterocycles. The zero-order valence-electron chi connectivity index (χ0n) is 14.0. The number of hydrogen-bond acceptors (Lipinski definition) is 4. The number of aromatic nitrogens is 1. The lowest BCUT2D eigenvalue weighted by molar-refractivity contribution is -0.117. The Morgan fingerprint density at radius 3 is 2.44 bits per heavy atom. The van der Waals surface area contributed by atoms with Crippen LogP contribution in [-0.4, -0.2) is 30.6 Å². The summed E-state index contributed by atoms with van der Waals surface area (Å²) in [6.45, 7) is 0. The van der Waals surface area contributed by atoms with Gasteiger partial charge in [-0.3, -0.25) is 20.4 Å². The van der Waals surface area contributed by atoms with Crippen molar-refractivity contribution in [1.82, 2.24) is 15.4 Å². The lowest BCUT2D eigenvalue weighted by Crippen LogP contribution is -2.41. The van der Waals surface area contributed by atoms with Crippen molar-refractivity contribution in [3.05, 3.63) is 52.3 Å². The van der Waals surface area contributed by atoms with Gasteiger partial charge in [0.15, 0.2) is 11.5 Å². The second kappa shape index (κ2) is 8.39. The molecule has 0 fully saturated rings. The summed E-state index contributed by atoms with van der Waals surface area (Å²) in [6, 6.07) is 6.92. The molecule has 0 radical (unpaired) electrons. The Morgan fingerprint density at radius 2 is 1.84 bits per heavy atom. The number of nitrogens with one attached hydrogen (secondary N) is 2. The fourth-order valence-electron chi connectivity index (χ4n) is 2.10. The van der Waals surface area contributed by atoms with E-state index in [1.807, 2.05) is 0 Å². The summed E-state index contributed by atoms with van der Waals surface area (Å²) < 4.78 is 12.8. The number of aryl methyl sites for hydroxylation is 1. The maximum atomic E-state index is 12.0. The summed E-state index contributed by atoms with van der Waals surface area (Å²) in [6.07, 6.45) is 4.65. The quantitative estimate of drug-likeness (QED) is 0.588. The molecule has 0 bridgehead atoms. The summed E-state index contributed by atoms with van der Waals surface area (Å²) in [4.78, 5) is 23.8. The van der Waals surface area contributed by atoms with Crippen LogP contribution in [0.5, 0.6) is 11.5 Å². The topological polar surface area (TPSA) is 81.6 Å². The molecule has 0 saturated carbocycles. The number of hydrazine groups is 1. The lowest BCUT2D eigenvalue weighted by atomic mass is 10.2. The number of carbonyl (C=O) groups is 2. The summed E-state index contributed by atoms with van der Waals surface area (Å²) in [5.74, 6) is 0.287. The number of carbonyl (C=O) groups excluding carboxylic acids is 2. The van der Waals surface area contributed by atoms with Gasteiger partial charge in [-0.25, -0.2) is 0 Å². The summed E-state index contributed by atoms with van der Waals surface area (Å²) in [5, 5.41) is 0. The molecule has 2 rings (SSSR count). The molecule has 2 amide bonds. The van der Waals surface area contributed by atoms with Gasteiger partial charge >= 0.3 is 0 Å². The lowest BCUT2D eigenvalue weighted by Gasteiger charge is -2.08. The Labute approximate surface area is 153 Å². The van der Waals surface area contributed by atoms with Crippen LogP contribution >= 0.6 is 15.9 Å². The maximum Gasteiger partial charge on any atom is 0.286 e. The molecule has 2 aromatic rings. The number of halogens is 1. The van der Waals surface area contributed by atoms with Crippen molar-refractivity contribution < 1.29 is 19.1 Å². The van der Waals surface area contributed by atoms with Crippen molar-refractivity contribution >= 4 is 33.8 Å². The van der Waals surface area contributed by atoms with Crippen LogP contribution < -0.4 is 20.3 Å². The van der Waals surface area contributed by atoms with Gasteiger partial charge < -0.3 is 14.0 Å². The van der Waals surface area contributed by atoms with Crippen LogP contribution in [-0.2, 0) is 11.8 Å². The third-order valence-electron chi connectivity index (χ3n) is 3.34. The molecule has 132 valence electrons. The normalized spacial score (nSPS) is 10.6. The van der Waals surface area contributed by atoms with E-state index in [0.717, 1.165) is 10.0 Å². The number of amides is 2. The van der Waals surface area contributed by atoms with Gasteiger partial charge in [0, 0.05) is 23.8 Å². The van der Waals surface area contributed by atoms with Crippen LogP contribution in [0.4, 0.5) is 0 Å². The van der Waals surface area contributed by atoms with Gasteiger partial charge in [0.25, 0.3) is 11.8 Å². The molecule has 8 heteroatoms. The highest BCUT2D eigenvalue weighted by atomic mass is 79.9. The second-order valence-electron chi connectivity index (χ2n) is 5.05. The van der Waals surface area contributed by atoms with E-state index in [0.29, 0.717) is 17.2 Å². The molecule has 0 saturated heterocycles. The standard InChI is InChI=1S/C17H18BrN3O4/c1-21-10-12(18)9-13(21)17(23)20-19-16(22)7-5-11-4-6-14(24-2)15(8-11)25-3/h4-10H,1-3H3,(H,19,22)(H,20,23)/b7-5+. The number of rotatable bonds is 5. The Balaban J connectivity index is 1.95. The first-order valence-corrected chi connectivity index (χ1v) is 8.06. The average Bonchev–Trinajstić information content (AvgIpc) is 2.95. The highest BCUT2D eigenvalue weighted by Crippen LogP contribution is 2.27. The summed E-state index contributed by atoms with van der Waals surface area (Å²) in [5.41, 5.74) is 5.85. The minimum atomic E-state index is -0.462. The Kier molecular flexibility index (Phi) is 6.24. The van der Waals surface area contributed by atoms with Gasteiger partial charge in [0.1, 0.15) is 5.69 Å². The molecular weight excluding hydrogens is 390 g/mol. The van der Waals surface area contributed by atoms with Gasteiger partial charge in [0.05, 0.1) is 14.2 Å². The molecule has 1 aromatic carbocycles. The minimum Gasteiger partial charge on any atom is -0.493 e. The first kappa shape index (κ1) is 18.6. The zero-order valence-corrected chi connectivity index (χ0v) is 15.6. The van der Waals surface area contributed by atoms with E-state index in [1.165, 1.54) is 13.2 Å². The van der Waals surface area contributed by atoms with Crippen LogP contribution in [0, 0.1) is 0 Å². The van der Waals surface area contributed by atoms with Crippen LogP contribution in [0.2, 0.25) is 0 Å². The number of methoxy groups -OCH3 is 2. The third-order valence-corrected chi connectivity index (χ3v) is 3.77. The predicted molar refractivity (Wildman–Crippen MR) is 97.3 cm³/mol. The van der Waals surface area contributed by atoms with Crippen LogP contribution in [0.15, 0.2) is 41.0 Å². The SMILES string of the molecule is COc1ccc(/C=C/C(=O)NNC(=O)c2cc(Br)cn2C)cc1OC. The highest BCUT2D eigenvalue weighted by Gasteiger charge is 2.11. The van der Waals surface area contributed by atoms with Crippen LogP contribution in [0.25, 0.3) is 6.08 Å². The fourth-order valence-corrected chi connectivity index (χ4v) is 2.63. The summed E-state index contributed by atoms with van der Waals surface area (Å²) >= 11 is 3.29. The number of nitrogens with zero attached hydrogens (tertiary/aromatic N) is 1. The number of ether oxygens (including phenoxy) is 2. The van der Waals surface area contributed by atoms with Gasteiger partial charge in [-0.05, 0) is 45.8 Å². The molecule has 0 aliphatic carbocycles. The predicted octanol–water partition coefficient (Wildman–Crippen LogP) is 2.28. The maximum absolute atomic E-state index is 12.0. The zero-order chi connectivity index (χ0) is 18.4. The number of hydrogen-bond donors (Lipinski definition) is 2. The van der Waals surface area contributed by atoms with E-state index in [4.69, 9.17) is 9.47 Å². The van der Waals surface area contributed by atoms with Gasteiger partial charge in [0.2, 0.25) is 0 Å². The van der Waals surface area contributed by atoms with Crippen molar-refractivity contribution in [2.24, 2.45) is 7.05 Å². The molecule has 0 aliphatic rings. The second-order valence-corrected chi connectivity index (χ2v) is 5.96. The Morgan fingerprint density at radius 1 is 1.12 bits per heavy atom. The minimum absolute atomic E-state index is 0.413. The number of benzene rings is 1. The van der Waals surface area contributed by atoms with Crippen molar-refractivity contribution in [3.8, 4) is 11.5 Å². The van der Waals surface area contributed by atoms with Gasteiger partial charge in [-0.2, -0.15) is 0 Å². The van der Waals surface area contributed by atoms with E-state index >= 15 is 0 Å². The van der Waals surface area contributed by atoms with Crippen LogP contribution in [0.1, 0.15) is 16.1 Å². The van der Waals surface area contributed by atoms with Crippen molar-refractivity contribution in [2.75, 3.05) is 14.2 Å². The molecular formula is C17H18BrN3O4. The Hall–Kier alpha value is -2.74. The average molecular weight is 408 g/mol. The van der Waals surface area contributed by atoms with Crippen molar-refractivity contribution in [1.29, 1.82) is 0 Å². The molecule has 0 spiro atoms. The molecule has 7 nitrogen and oxygen atoms in total. The molecule has 0 unspecified atom stereocenters. The molecule has 1 aromatic heterocycles. The molecule has 1 heterocycles. The van der Waals surface area contributed by atoms with E-state index < -0.39 is 11.8 Å². The first-order valence-electron chi connectivity index (χ1n) is 7.27. The van der Waals surface area contributed by atoms with Gasteiger partial charge in [-0.1, -0.05) is 6.07 Å². The van der Waals surface area contributed by atoms with E-state index in [-0.39, 0.29) is 0 Å². The largest absolute Gasteiger partial charge is 0.493 e. The summed E-state index contributed by atoms with van der Waals surface area (Å²) in [7, 11) is 4.82. The van der Waals surface area contributed by atoms with Crippen LogP contribution in [0.3, 0.4) is 0 Å². The fraction of sp³-hybridized carbons (Fsp3) is 0.176. The van der Waals surface area contributed by atoms with Gasteiger partial charge in [-0.15, -0.1) is 0 Å². The van der Waals surface area contributed by atoms with E-state index in [2.05, 4.69) is 26.8 Å². The van der Waals surface area contributed by atoms with E-state index in [1.54, 1.807) is 55.3 Å². The molecule has 2 N–H and O–H groups in total. The Bertz CT molecular complexity index is 814. The molecule has 25 heavy (non-hydrogen) atoms. The first-order chi connectivity index (χ1) is 11.9. The highest BCUT2D eigenvalue weighted by molar-refractivity contribution is 9.10. The van der Waals surface area contributed by atoms with Crippen molar-refractivity contribution in [3.63, 3.8) is 0 Å². The molecule has 0 atom stereocenters. The van der Waals surface area contributed by atoms with Crippen molar-refractivity contribution in [2.45, 2.75) is 0 Å². The van der Waals surface area contributed by atoms with E-state index in [9.17, 15) is 9.59 Å². The third kappa shape index (κ3) is 4.87. The smallest absolute Gasteiger partial charge is 0.286 e.